The maximum Gasteiger partial charge on any atom is 0.242 e. The standard InChI is InChI=1S/C19H28N4O2/c1-6-22(7-2)17(24)13-23-15-11-9-8-10-14(15)21-16(23)12-20-18(25)19(3,4)5/h8-11H,6-7,12-13H2,1-5H3,(H,20,25). The zero-order valence-corrected chi connectivity index (χ0v) is 15.8. The molecule has 0 bridgehead atoms. The number of carbonyl (C=O) groups is 2. The van der Waals surface area contributed by atoms with Crippen LogP contribution in [0.4, 0.5) is 0 Å². The molecule has 136 valence electrons. The molecule has 0 saturated heterocycles. The van der Waals surface area contributed by atoms with Crippen LogP contribution in [0.15, 0.2) is 24.3 Å². The summed E-state index contributed by atoms with van der Waals surface area (Å²) in [5.74, 6) is 0.706. The van der Waals surface area contributed by atoms with E-state index in [1.165, 1.54) is 0 Å². The molecule has 0 fully saturated rings. The number of rotatable bonds is 6. The summed E-state index contributed by atoms with van der Waals surface area (Å²) in [5.41, 5.74) is 1.27. The van der Waals surface area contributed by atoms with E-state index in [4.69, 9.17) is 0 Å². The number of carbonyl (C=O) groups excluding carboxylic acids is 2. The van der Waals surface area contributed by atoms with Gasteiger partial charge in [-0.25, -0.2) is 4.98 Å². The minimum Gasteiger partial charge on any atom is -0.348 e. The molecule has 6 nitrogen and oxygen atoms in total. The van der Waals surface area contributed by atoms with Crippen LogP contribution in [0.25, 0.3) is 11.0 Å². The second-order valence-corrected chi connectivity index (χ2v) is 7.10. The molecule has 1 heterocycles. The van der Waals surface area contributed by atoms with Crippen LogP contribution in [0, 0.1) is 5.41 Å². The number of nitrogens with zero attached hydrogens (tertiary/aromatic N) is 3. The van der Waals surface area contributed by atoms with Gasteiger partial charge in [0, 0.05) is 18.5 Å². The van der Waals surface area contributed by atoms with Gasteiger partial charge in [-0.15, -0.1) is 0 Å². The topological polar surface area (TPSA) is 67.2 Å². The average molecular weight is 344 g/mol. The fraction of sp³-hybridized carbons (Fsp3) is 0.526. The van der Waals surface area contributed by atoms with Gasteiger partial charge < -0.3 is 14.8 Å². The summed E-state index contributed by atoms with van der Waals surface area (Å²) >= 11 is 0. The van der Waals surface area contributed by atoms with E-state index in [1.54, 1.807) is 4.90 Å². The Hall–Kier alpha value is -2.37. The summed E-state index contributed by atoms with van der Waals surface area (Å²) < 4.78 is 1.90. The summed E-state index contributed by atoms with van der Waals surface area (Å²) in [6.45, 7) is 11.4. The number of nitrogens with one attached hydrogen (secondary N) is 1. The molecule has 1 N–H and O–H groups in total. The van der Waals surface area contributed by atoms with Crippen molar-refractivity contribution in [2.75, 3.05) is 13.1 Å². The van der Waals surface area contributed by atoms with Gasteiger partial charge in [0.2, 0.25) is 11.8 Å². The van der Waals surface area contributed by atoms with E-state index in [-0.39, 0.29) is 18.4 Å². The van der Waals surface area contributed by atoms with Crippen LogP contribution in [0.3, 0.4) is 0 Å². The van der Waals surface area contributed by atoms with Gasteiger partial charge in [-0.1, -0.05) is 32.9 Å². The second-order valence-electron chi connectivity index (χ2n) is 7.10. The molecule has 2 amide bonds. The highest BCUT2D eigenvalue weighted by molar-refractivity contribution is 5.82. The molecule has 25 heavy (non-hydrogen) atoms. The Bertz CT molecular complexity index is 754. The second kappa shape index (κ2) is 7.68. The highest BCUT2D eigenvalue weighted by atomic mass is 16.2. The lowest BCUT2D eigenvalue weighted by atomic mass is 9.96. The van der Waals surface area contributed by atoms with Crippen molar-refractivity contribution in [3.63, 3.8) is 0 Å². The van der Waals surface area contributed by atoms with Gasteiger partial charge in [0.25, 0.3) is 0 Å². The molecule has 0 aliphatic rings. The van der Waals surface area contributed by atoms with Crippen LogP contribution in [0.1, 0.15) is 40.4 Å². The van der Waals surface area contributed by atoms with Gasteiger partial charge in [-0.05, 0) is 26.0 Å². The summed E-state index contributed by atoms with van der Waals surface area (Å²) in [6, 6.07) is 7.72. The third-order valence-corrected chi connectivity index (χ3v) is 4.23. The van der Waals surface area contributed by atoms with Gasteiger partial charge >= 0.3 is 0 Å². The lowest BCUT2D eigenvalue weighted by molar-refractivity contribution is -0.131. The minimum absolute atomic E-state index is 0.0406. The SMILES string of the molecule is CCN(CC)C(=O)Cn1c(CNC(=O)C(C)(C)C)nc2ccccc21. The van der Waals surface area contributed by atoms with E-state index in [0.29, 0.717) is 25.5 Å². The van der Waals surface area contributed by atoms with Crippen LogP contribution < -0.4 is 5.32 Å². The number of aromatic nitrogens is 2. The highest BCUT2D eigenvalue weighted by Gasteiger charge is 2.22. The molecule has 1 aromatic carbocycles. The number of hydrogen-bond acceptors (Lipinski definition) is 3. The van der Waals surface area contributed by atoms with Crippen LogP contribution in [0.2, 0.25) is 0 Å². The van der Waals surface area contributed by atoms with Gasteiger partial charge in [-0.2, -0.15) is 0 Å². The molecule has 0 atom stereocenters. The van der Waals surface area contributed by atoms with Gasteiger partial charge in [0.1, 0.15) is 12.4 Å². The Morgan fingerprint density at radius 1 is 1.16 bits per heavy atom. The van der Waals surface area contributed by atoms with E-state index in [2.05, 4.69) is 10.3 Å². The number of hydrogen-bond donors (Lipinski definition) is 1. The molecule has 6 heteroatoms. The average Bonchev–Trinajstić information content (AvgIpc) is 2.90. The fourth-order valence-corrected chi connectivity index (χ4v) is 2.67. The van der Waals surface area contributed by atoms with Crippen molar-refractivity contribution in [2.45, 2.75) is 47.7 Å². The Balaban J connectivity index is 2.30. The van der Waals surface area contributed by atoms with Gasteiger partial charge in [0.15, 0.2) is 0 Å². The molecule has 0 spiro atoms. The third kappa shape index (κ3) is 4.38. The minimum atomic E-state index is -0.464. The van der Waals surface area contributed by atoms with Crippen LogP contribution in [-0.2, 0) is 22.7 Å². The lowest BCUT2D eigenvalue weighted by Crippen LogP contribution is -2.36. The predicted octanol–water partition coefficient (Wildman–Crippen LogP) is 2.57. The molecule has 2 rings (SSSR count). The van der Waals surface area contributed by atoms with Crippen molar-refractivity contribution in [2.24, 2.45) is 5.41 Å². The van der Waals surface area contributed by atoms with Crippen molar-refractivity contribution in [3.05, 3.63) is 30.1 Å². The first-order chi connectivity index (χ1) is 11.8. The normalized spacial score (nSPS) is 11.6. The number of benzene rings is 1. The highest BCUT2D eigenvalue weighted by Crippen LogP contribution is 2.18. The Morgan fingerprint density at radius 3 is 2.40 bits per heavy atom. The largest absolute Gasteiger partial charge is 0.348 e. The van der Waals surface area contributed by atoms with Crippen molar-refractivity contribution >= 4 is 22.8 Å². The molecule has 0 aliphatic carbocycles. The van der Waals surface area contributed by atoms with E-state index >= 15 is 0 Å². The molecule has 1 aromatic heterocycles. The maximum atomic E-state index is 12.6. The Kier molecular flexibility index (Phi) is 5.82. The van der Waals surface area contributed by atoms with Crippen molar-refractivity contribution in [1.82, 2.24) is 19.8 Å². The maximum absolute atomic E-state index is 12.6. The fourth-order valence-electron chi connectivity index (χ4n) is 2.67. The van der Waals surface area contributed by atoms with Crippen molar-refractivity contribution in [3.8, 4) is 0 Å². The smallest absolute Gasteiger partial charge is 0.242 e. The van der Waals surface area contributed by atoms with Crippen LogP contribution >= 0.6 is 0 Å². The van der Waals surface area contributed by atoms with Crippen molar-refractivity contribution < 1.29 is 9.59 Å². The molecule has 0 saturated carbocycles. The summed E-state index contributed by atoms with van der Waals surface area (Å²) in [5, 5.41) is 2.92. The molecule has 0 radical (unpaired) electrons. The molecule has 0 unspecified atom stereocenters. The third-order valence-electron chi connectivity index (χ3n) is 4.23. The zero-order chi connectivity index (χ0) is 18.6. The quantitative estimate of drug-likeness (QED) is 0.876. The van der Waals surface area contributed by atoms with E-state index in [9.17, 15) is 9.59 Å². The number of para-hydroxylation sites is 2. The molecular formula is C19H28N4O2. The molecule has 0 aliphatic heterocycles. The molecule has 2 aromatic rings. The van der Waals surface area contributed by atoms with Crippen LogP contribution in [0.5, 0.6) is 0 Å². The van der Waals surface area contributed by atoms with E-state index in [0.717, 1.165) is 11.0 Å². The number of fused-ring (bicyclic) bond motifs is 1. The summed E-state index contributed by atoms with van der Waals surface area (Å²) in [6.07, 6.45) is 0. The van der Waals surface area contributed by atoms with Crippen LogP contribution in [-0.4, -0.2) is 39.4 Å². The zero-order valence-electron chi connectivity index (χ0n) is 15.8. The number of likely N-dealkylation sites (N-methyl/N-ethyl adjacent to an activating group) is 1. The summed E-state index contributed by atoms with van der Waals surface area (Å²) in [4.78, 5) is 31.1. The molecular weight excluding hydrogens is 316 g/mol. The van der Waals surface area contributed by atoms with E-state index in [1.807, 2.05) is 63.5 Å². The van der Waals surface area contributed by atoms with E-state index < -0.39 is 5.41 Å². The Morgan fingerprint density at radius 2 is 1.80 bits per heavy atom. The number of amides is 2. The van der Waals surface area contributed by atoms with Crippen molar-refractivity contribution in [1.29, 1.82) is 0 Å². The summed E-state index contributed by atoms with van der Waals surface area (Å²) in [7, 11) is 0. The predicted molar refractivity (Wildman–Crippen MR) is 99.0 cm³/mol. The number of imidazole rings is 1. The Labute approximate surface area is 149 Å². The van der Waals surface area contributed by atoms with Gasteiger partial charge in [-0.3, -0.25) is 9.59 Å². The first-order valence-corrected chi connectivity index (χ1v) is 8.78. The first kappa shape index (κ1) is 19.0. The van der Waals surface area contributed by atoms with Gasteiger partial charge in [0.05, 0.1) is 17.6 Å². The first-order valence-electron chi connectivity index (χ1n) is 8.78. The lowest BCUT2D eigenvalue weighted by Gasteiger charge is -2.20. The monoisotopic (exact) mass is 344 g/mol.